The van der Waals surface area contributed by atoms with Gasteiger partial charge in [0, 0.05) is 13.1 Å². The van der Waals surface area contributed by atoms with Gasteiger partial charge in [-0.2, -0.15) is 0 Å². The quantitative estimate of drug-likeness (QED) is 0.867. The number of carboxylic acids is 1. The smallest absolute Gasteiger partial charge is 0.328 e. The van der Waals surface area contributed by atoms with E-state index < -0.39 is 11.5 Å². The second-order valence-corrected chi connectivity index (χ2v) is 4.92. The monoisotopic (exact) mass is 233 g/mol. The van der Waals surface area contributed by atoms with Gasteiger partial charge in [0.2, 0.25) is 0 Å². The maximum Gasteiger partial charge on any atom is 0.328 e. The van der Waals surface area contributed by atoms with Gasteiger partial charge in [0.05, 0.1) is 0 Å². The summed E-state index contributed by atoms with van der Waals surface area (Å²) in [6, 6.07) is 9.50. The molecule has 0 saturated carbocycles. The summed E-state index contributed by atoms with van der Waals surface area (Å²) in [5, 5.41) is 9.54. The molecule has 2 rings (SSSR count). The Bertz CT molecular complexity index is 398. The van der Waals surface area contributed by atoms with Gasteiger partial charge < -0.3 is 5.11 Å². The minimum Gasteiger partial charge on any atom is -0.480 e. The molecule has 1 saturated heterocycles. The Balaban J connectivity index is 2.26. The van der Waals surface area contributed by atoms with Crippen molar-refractivity contribution in [3.05, 3.63) is 35.9 Å². The van der Waals surface area contributed by atoms with E-state index in [-0.39, 0.29) is 0 Å². The fourth-order valence-corrected chi connectivity index (χ4v) is 2.40. The first-order chi connectivity index (χ1) is 8.09. The molecule has 0 aromatic heterocycles. The number of hydrogen-bond donors (Lipinski definition) is 1. The van der Waals surface area contributed by atoms with Gasteiger partial charge >= 0.3 is 5.97 Å². The lowest BCUT2D eigenvalue weighted by molar-refractivity contribution is -0.157. The number of nitrogens with zero attached hydrogens (tertiary/aromatic N) is 1. The number of benzene rings is 1. The average Bonchev–Trinajstić information content (AvgIpc) is 2.28. The zero-order valence-corrected chi connectivity index (χ0v) is 10.4. The second kappa shape index (κ2) is 4.49. The van der Waals surface area contributed by atoms with Gasteiger partial charge in [-0.3, -0.25) is 4.90 Å². The summed E-state index contributed by atoms with van der Waals surface area (Å²) < 4.78 is 0. The molecule has 1 aromatic rings. The third-order valence-corrected chi connectivity index (χ3v) is 3.92. The Hall–Kier alpha value is -1.35. The first-order valence-corrected chi connectivity index (χ1v) is 6.13. The molecule has 3 heteroatoms. The van der Waals surface area contributed by atoms with Gasteiger partial charge in [-0.15, -0.1) is 0 Å². The normalized spacial score (nSPS) is 20.6. The van der Waals surface area contributed by atoms with Crippen molar-refractivity contribution in [3.8, 4) is 0 Å². The van der Waals surface area contributed by atoms with Crippen molar-refractivity contribution in [1.82, 2.24) is 4.90 Å². The second-order valence-electron chi connectivity index (χ2n) is 4.92. The zero-order valence-electron chi connectivity index (χ0n) is 10.4. The van der Waals surface area contributed by atoms with Crippen molar-refractivity contribution in [3.63, 3.8) is 0 Å². The number of likely N-dealkylation sites (tertiary alicyclic amines) is 1. The first kappa shape index (κ1) is 12.1. The fraction of sp³-hybridized carbons (Fsp3) is 0.500. The summed E-state index contributed by atoms with van der Waals surface area (Å²) >= 11 is 0. The Morgan fingerprint density at radius 2 is 2.00 bits per heavy atom. The third-order valence-electron chi connectivity index (χ3n) is 3.92. The molecule has 0 radical (unpaired) electrons. The summed E-state index contributed by atoms with van der Waals surface area (Å²) in [5.74, 6) is -0.115. The van der Waals surface area contributed by atoms with Crippen LogP contribution in [0.4, 0.5) is 0 Å². The van der Waals surface area contributed by atoms with E-state index in [9.17, 15) is 9.90 Å². The van der Waals surface area contributed by atoms with Crippen LogP contribution < -0.4 is 0 Å². The summed E-state index contributed by atoms with van der Waals surface area (Å²) in [7, 11) is 0. The molecular formula is C14H19NO2. The van der Waals surface area contributed by atoms with Crippen molar-refractivity contribution in [1.29, 1.82) is 0 Å². The standard InChI is InChI=1S/C14H19NO2/c1-3-11-9-15(10-11)14(2,13(16)17)12-7-5-4-6-8-12/h4-8,11H,3,9-10H2,1-2H3,(H,16,17). The summed E-state index contributed by atoms with van der Waals surface area (Å²) in [6.07, 6.45) is 1.13. The molecule has 3 nitrogen and oxygen atoms in total. The van der Waals surface area contributed by atoms with E-state index in [1.165, 1.54) is 0 Å². The van der Waals surface area contributed by atoms with Crippen molar-refractivity contribution in [2.24, 2.45) is 5.92 Å². The van der Waals surface area contributed by atoms with Crippen molar-refractivity contribution < 1.29 is 9.90 Å². The Labute approximate surface area is 102 Å². The predicted molar refractivity (Wildman–Crippen MR) is 66.8 cm³/mol. The molecule has 1 N–H and O–H groups in total. The van der Waals surface area contributed by atoms with Crippen LogP contribution in [0.5, 0.6) is 0 Å². The van der Waals surface area contributed by atoms with Gasteiger partial charge in [0.15, 0.2) is 0 Å². The highest BCUT2D eigenvalue weighted by Crippen LogP contribution is 2.35. The molecule has 92 valence electrons. The van der Waals surface area contributed by atoms with Crippen molar-refractivity contribution in [2.75, 3.05) is 13.1 Å². The minimum absolute atomic E-state index is 0.650. The van der Waals surface area contributed by atoms with Gasteiger partial charge in [-0.1, -0.05) is 43.7 Å². The molecule has 1 aliphatic rings. The zero-order chi connectivity index (χ0) is 12.5. The van der Waals surface area contributed by atoms with E-state index >= 15 is 0 Å². The van der Waals surface area contributed by atoms with E-state index in [1.807, 2.05) is 30.3 Å². The molecule has 0 bridgehead atoms. The van der Waals surface area contributed by atoms with E-state index in [0.29, 0.717) is 5.92 Å². The Morgan fingerprint density at radius 3 is 2.47 bits per heavy atom. The topological polar surface area (TPSA) is 40.5 Å². The number of aliphatic carboxylic acids is 1. The molecule has 1 aliphatic heterocycles. The van der Waals surface area contributed by atoms with Crippen LogP contribution >= 0.6 is 0 Å². The van der Waals surface area contributed by atoms with Crippen LogP contribution in [0.3, 0.4) is 0 Å². The highest BCUT2D eigenvalue weighted by molar-refractivity contribution is 5.80. The van der Waals surface area contributed by atoms with Crippen LogP contribution in [-0.4, -0.2) is 29.1 Å². The lowest BCUT2D eigenvalue weighted by Crippen LogP contribution is -2.60. The lowest BCUT2D eigenvalue weighted by atomic mass is 9.83. The predicted octanol–water partition coefficient (Wildman–Crippen LogP) is 2.33. The molecule has 1 fully saturated rings. The van der Waals surface area contributed by atoms with E-state index in [0.717, 1.165) is 25.1 Å². The van der Waals surface area contributed by atoms with E-state index in [1.54, 1.807) is 6.92 Å². The molecule has 0 aliphatic carbocycles. The molecule has 1 atom stereocenters. The highest BCUT2D eigenvalue weighted by Gasteiger charge is 2.46. The number of carboxylic acid groups (broad SMARTS) is 1. The molecule has 1 unspecified atom stereocenters. The summed E-state index contributed by atoms with van der Waals surface area (Å²) in [6.45, 7) is 5.72. The molecule has 0 spiro atoms. The van der Waals surface area contributed by atoms with Crippen LogP contribution in [-0.2, 0) is 10.3 Å². The van der Waals surface area contributed by atoms with Crippen LogP contribution in [0.2, 0.25) is 0 Å². The molecule has 0 amide bonds. The van der Waals surface area contributed by atoms with Gasteiger partial charge in [-0.05, 0) is 18.4 Å². The number of carbonyl (C=O) groups is 1. The van der Waals surface area contributed by atoms with Crippen LogP contribution in [0.15, 0.2) is 30.3 Å². The number of hydrogen-bond acceptors (Lipinski definition) is 2. The van der Waals surface area contributed by atoms with Crippen LogP contribution in [0.1, 0.15) is 25.8 Å². The maximum atomic E-state index is 11.6. The third kappa shape index (κ3) is 1.95. The van der Waals surface area contributed by atoms with E-state index in [2.05, 4.69) is 11.8 Å². The molecule has 1 aromatic carbocycles. The molecule has 17 heavy (non-hydrogen) atoms. The Kier molecular flexibility index (Phi) is 3.20. The largest absolute Gasteiger partial charge is 0.480 e. The summed E-state index contributed by atoms with van der Waals surface area (Å²) in [5.41, 5.74) is -0.0190. The average molecular weight is 233 g/mol. The van der Waals surface area contributed by atoms with Gasteiger partial charge in [0.1, 0.15) is 5.54 Å². The van der Waals surface area contributed by atoms with Gasteiger partial charge in [0.25, 0.3) is 0 Å². The lowest BCUT2D eigenvalue weighted by Gasteiger charge is -2.48. The SMILES string of the molecule is CCC1CN(C(C)(C(=O)O)c2ccccc2)C1. The number of rotatable bonds is 4. The first-order valence-electron chi connectivity index (χ1n) is 6.13. The highest BCUT2D eigenvalue weighted by atomic mass is 16.4. The van der Waals surface area contributed by atoms with E-state index in [4.69, 9.17) is 0 Å². The molecule has 1 heterocycles. The molecular weight excluding hydrogens is 214 g/mol. The Morgan fingerprint density at radius 1 is 1.41 bits per heavy atom. The van der Waals surface area contributed by atoms with Gasteiger partial charge in [-0.25, -0.2) is 4.79 Å². The van der Waals surface area contributed by atoms with Crippen LogP contribution in [0.25, 0.3) is 0 Å². The van der Waals surface area contributed by atoms with Crippen LogP contribution in [0, 0.1) is 5.92 Å². The van der Waals surface area contributed by atoms with Crippen molar-refractivity contribution >= 4 is 5.97 Å². The van der Waals surface area contributed by atoms with Crippen molar-refractivity contribution in [2.45, 2.75) is 25.8 Å². The summed E-state index contributed by atoms with van der Waals surface area (Å²) in [4.78, 5) is 13.7. The minimum atomic E-state index is -0.882. The maximum absolute atomic E-state index is 11.6. The fourth-order valence-electron chi connectivity index (χ4n) is 2.40.